The number of nitrogens with zero attached hydrogens (tertiary/aromatic N) is 2. The smallest absolute Gasteiger partial charge is 0.115 e. The summed E-state index contributed by atoms with van der Waals surface area (Å²) in [7, 11) is 2.10. The molecule has 2 bridgehead atoms. The molecule has 2 aliphatic rings. The Labute approximate surface area is 149 Å². The van der Waals surface area contributed by atoms with Crippen molar-refractivity contribution in [3.8, 4) is 6.07 Å². The zero-order chi connectivity index (χ0) is 17.8. The van der Waals surface area contributed by atoms with Gasteiger partial charge in [0.15, 0.2) is 0 Å². The number of fused-ring (bicyclic) bond motifs is 4. The third-order valence-electron chi connectivity index (χ3n) is 6.52. The third kappa shape index (κ3) is 2.11. The van der Waals surface area contributed by atoms with Gasteiger partial charge in [-0.25, -0.2) is 0 Å². The number of likely N-dealkylation sites (N-methyl/N-ethyl adjacent to an activating group) is 1. The van der Waals surface area contributed by atoms with Crippen molar-refractivity contribution in [2.75, 3.05) is 13.6 Å². The minimum atomic E-state index is -1.01. The molecule has 1 fully saturated rings. The van der Waals surface area contributed by atoms with E-state index in [0.29, 0.717) is 5.56 Å². The molecule has 0 radical (unpaired) electrons. The van der Waals surface area contributed by atoms with Gasteiger partial charge < -0.3 is 5.11 Å². The monoisotopic (exact) mass is 332 g/mol. The molecule has 4 rings (SSSR count). The van der Waals surface area contributed by atoms with Crippen LogP contribution in [0.15, 0.2) is 42.5 Å². The van der Waals surface area contributed by atoms with Gasteiger partial charge in [-0.15, -0.1) is 0 Å². The second-order valence-corrected chi connectivity index (χ2v) is 7.90. The number of hydrogen-bond donors (Lipinski definition) is 1. The van der Waals surface area contributed by atoms with Gasteiger partial charge in [-0.3, -0.25) is 4.90 Å². The van der Waals surface area contributed by atoms with Gasteiger partial charge in [0.1, 0.15) is 5.60 Å². The van der Waals surface area contributed by atoms with Gasteiger partial charge in [0.25, 0.3) is 0 Å². The first-order chi connectivity index (χ1) is 11.9. The lowest BCUT2D eigenvalue weighted by molar-refractivity contribution is -0.141. The molecule has 1 saturated heterocycles. The lowest BCUT2D eigenvalue weighted by atomic mass is 9.53. The van der Waals surface area contributed by atoms with Gasteiger partial charge in [0.2, 0.25) is 0 Å². The molecule has 128 valence electrons. The van der Waals surface area contributed by atoms with Crippen molar-refractivity contribution >= 4 is 0 Å². The van der Waals surface area contributed by atoms with Crippen LogP contribution in [0.2, 0.25) is 0 Å². The Morgan fingerprint density at radius 2 is 2.04 bits per heavy atom. The topological polar surface area (TPSA) is 47.3 Å². The Balaban J connectivity index is 1.99. The lowest BCUT2D eigenvalue weighted by Gasteiger charge is -2.60. The molecule has 1 N–H and O–H groups in total. The molecule has 1 aliphatic carbocycles. The van der Waals surface area contributed by atoms with E-state index < -0.39 is 5.60 Å². The summed E-state index contributed by atoms with van der Waals surface area (Å²) in [6.45, 7) is 5.28. The van der Waals surface area contributed by atoms with Crippen molar-refractivity contribution in [1.82, 2.24) is 4.90 Å². The number of likely N-dealkylation sites (tertiary alicyclic amines) is 1. The van der Waals surface area contributed by atoms with E-state index >= 15 is 0 Å². The van der Waals surface area contributed by atoms with Crippen LogP contribution in [0.4, 0.5) is 0 Å². The van der Waals surface area contributed by atoms with Crippen LogP contribution in [0.5, 0.6) is 0 Å². The Hall–Kier alpha value is -2.15. The fourth-order valence-electron chi connectivity index (χ4n) is 5.00. The predicted octanol–water partition coefficient (Wildman–Crippen LogP) is 3.27. The molecule has 0 unspecified atom stereocenters. The van der Waals surface area contributed by atoms with E-state index in [1.807, 2.05) is 18.2 Å². The molecule has 2 aromatic rings. The molecule has 0 amide bonds. The van der Waals surface area contributed by atoms with E-state index in [4.69, 9.17) is 0 Å². The zero-order valence-electron chi connectivity index (χ0n) is 15.1. The summed E-state index contributed by atoms with van der Waals surface area (Å²) in [5.41, 5.74) is 3.92. The van der Waals surface area contributed by atoms with E-state index in [0.717, 1.165) is 24.9 Å². The molecule has 0 saturated carbocycles. The van der Waals surface area contributed by atoms with Crippen LogP contribution in [-0.2, 0) is 17.4 Å². The number of benzene rings is 2. The normalized spacial score (nSPS) is 31.2. The summed E-state index contributed by atoms with van der Waals surface area (Å²) < 4.78 is 0. The Kier molecular flexibility index (Phi) is 3.54. The maximum atomic E-state index is 12.2. The maximum Gasteiger partial charge on any atom is 0.115 e. The van der Waals surface area contributed by atoms with Gasteiger partial charge in [0, 0.05) is 11.5 Å². The van der Waals surface area contributed by atoms with Crippen molar-refractivity contribution in [3.05, 3.63) is 70.3 Å². The van der Waals surface area contributed by atoms with Crippen LogP contribution >= 0.6 is 0 Å². The highest BCUT2D eigenvalue weighted by Gasteiger charge is 2.60. The molecule has 3 nitrogen and oxygen atoms in total. The maximum absolute atomic E-state index is 12.2. The van der Waals surface area contributed by atoms with Gasteiger partial charge >= 0.3 is 0 Å². The number of rotatable bonds is 1. The summed E-state index contributed by atoms with van der Waals surface area (Å²) in [4.78, 5) is 2.28. The lowest BCUT2D eigenvalue weighted by Crippen LogP contribution is -2.67. The Morgan fingerprint density at radius 1 is 1.24 bits per heavy atom. The van der Waals surface area contributed by atoms with Crippen LogP contribution in [0.3, 0.4) is 0 Å². The number of nitriles is 1. The van der Waals surface area contributed by atoms with Crippen molar-refractivity contribution < 1.29 is 5.11 Å². The van der Waals surface area contributed by atoms with Gasteiger partial charge in [-0.2, -0.15) is 5.26 Å². The van der Waals surface area contributed by atoms with Crippen LogP contribution in [0.1, 0.15) is 41.2 Å². The number of aliphatic hydroxyl groups is 1. The van der Waals surface area contributed by atoms with Crippen LogP contribution in [-0.4, -0.2) is 29.6 Å². The van der Waals surface area contributed by atoms with E-state index in [1.165, 1.54) is 16.7 Å². The minimum Gasteiger partial charge on any atom is -0.383 e. The summed E-state index contributed by atoms with van der Waals surface area (Å²) >= 11 is 0. The highest BCUT2D eigenvalue weighted by atomic mass is 16.3. The molecule has 3 heteroatoms. The molecule has 3 atom stereocenters. The van der Waals surface area contributed by atoms with Gasteiger partial charge in [-0.05, 0) is 62.2 Å². The first kappa shape index (κ1) is 16.3. The van der Waals surface area contributed by atoms with Crippen molar-refractivity contribution in [2.24, 2.45) is 0 Å². The SMILES string of the molecule is Cc1ccc2c(c1)[C@@]1(C)CCN(C)[C@H](C2)[C@@]1(O)c1cccc(C#N)c1. The van der Waals surface area contributed by atoms with Crippen molar-refractivity contribution in [3.63, 3.8) is 0 Å². The highest BCUT2D eigenvalue weighted by molar-refractivity contribution is 5.50. The van der Waals surface area contributed by atoms with Crippen molar-refractivity contribution in [1.29, 1.82) is 5.26 Å². The molecular weight excluding hydrogens is 308 g/mol. The third-order valence-corrected chi connectivity index (χ3v) is 6.52. The number of piperidine rings is 1. The first-order valence-electron chi connectivity index (χ1n) is 8.93. The molecule has 1 heterocycles. The molecule has 2 aromatic carbocycles. The molecule has 1 aliphatic heterocycles. The van der Waals surface area contributed by atoms with E-state index in [9.17, 15) is 10.4 Å². The number of hydrogen-bond acceptors (Lipinski definition) is 3. The average Bonchev–Trinajstić information content (AvgIpc) is 2.62. The van der Waals surface area contributed by atoms with E-state index in [1.54, 1.807) is 6.07 Å². The largest absolute Gasteiger partial charge is 0.383 e. The zero-order valence-corrected chi connectivity index (χ0v) is 15.1. The van der Waals surface area contributed by atoms with E-state index in [2.05, 4.69) is 50.1 Å². The second-order valence-electron chi connectivity index (χ2n) is 7.90. The van der Waals surface area contributed by atoms with Gasteiger partial charge in [-0.1, -0.05) is 42.8 Å². The predicted molar refractivity (Wildman–Crippen MR) is 98.3 cm³/mol. The molecule has 0 spiro atoms. The van der Waals surface area contributed by atoms with Gasteiger partial charge in [0.05, 0.1) is 11.6 Å². The van der Waals surface area contributed by atoms with Crippen LogP contribution in [0.25, 0.3) is 0 Å². The fraction of sp³-hybridized carbons (Fsp3) is 0.409. The summed E-state index contributed by atoms with van der Waals surface area (Å²) in [6.07, 6.45) is 1.72. The standard InChI is InChI=1S/C22H24N2O/c1-15-7-8-17-13-20-22(25,18-6-4-5-16(12-18)14-23)21(2,19(17)11-15)9-10-24(20)3/h4-8,11-12,20,25H,9-10,13H2,1-3H3/t20-,21-,22+/m1/s1. The van der Waals surface area contributed by atoms with Crippen LogP contribution < -0.4 is 0 Å². The quantitative estimate of drug-likeness (QED) is 0.872. The van der Waals surface area contributed by atoms with E-state index in [-0.39, 0.29) is 11.5 Å². The fourth-order valence-corrected chi connectivity index (χ4v) is 5.00. The number of aryl methyl sites for hydroxylation is 1. The average molecular weight is 332 g/mol. The Bertz CT molecular complexity index is 884. The summed E-state index contributed by atoms with van der Waals surface area (Å²) in [5, 5.41) is 21.5. The minimum absolute atomic E-state index is 0.00963. The van der Waals surface area contributed by atoms with Crippen molar-refractivity contribution in [2.45, 2.75) is 43.7 Å². The molecular formula is C22H24N2O. The Morgan fingerprint density at radius 3 is 2.80 bits per heavy atom. The molecule has 25 heavy (non-hydrogen) atoms. The summed E-state index contributed by atoms with van der Waals surface area (Å²) in [5.74, 6) is 0. The second kappa shape index (κ2) is 5.42. The van der Waals surface area contributed by atoms with Crippen LogP contribution in [0, 0.1) is 18.3 Å². The highest BCUT2D eigenvalue weighted by Crippen LogP contribution is 2.55. The molecule has 0 aromatic heterocycles. The summed E-state index contributed by atoms with van der Waals surface area (Å²) in [6, 6.07) is 16.4. The first-order valence-corrected chi connectivity index (χ1v) is 8.93.